The van der Waals surface area contributed by atoms with E-state index in [1.54, 1.807) is 11.9 Å². The van der Waals surface area contributed by atoms with Crippen LogP contribution in [0.25, 0.3) is 0 Å². The van der Waals surface area contributed by atoms with E-state index >= 15 is 0 Å². The highest BCUT2D eigenvalue weighted by Crippen LogP contribution is 2.12. The Balaban J connectivity index is 2.62. The molecule has 20 heavy (non-hydrogen) atoms. The van der Waals surface area contributed by atoms with E-state index in [0.29, 0.717) is 0 Å². The number of amides is 2. The smallest absolute Gasteiger partial charge is 0.236 e. The van der Waals surface area contributed by atoms with Gasteiger partial charge in [-0.2, -0.15) is 0 Å². The van der Waals surface area contributed by atoms with E-state index in [1.165, 1.54) is 4.90 Å². The van der Waals surface area contributed by atoms with Crippen LogP contribution in [-0.4, -0.2) is 36.9 Å². The zero-order chi connectivity index (χ0) is 15.0. The summed E-state index contributed by atoms with van der Waals surface area (Å²) in [5, 5.41) is 0. The van der Waals surface area contributed by atoms with E-state index in [4.69, 9.17) is 0 Å². The lowest BCUT2D eigenvalue weighted by Crippen LogP contribution is -2.37. The fraction of sp³-hybridized carbons (Fsp3) is 0.500. The van der Waals surface area contributed by atoms with Crippen molar-refractivity contribution >= 4 is 17.5 Å². The predicted octanol–water partition coefficient (Wildman–Crippen LogP) is 2.69. The monoisotopic (exact) mass is 276 g/mol. The molecule has 0 atom stereocenters. The lowest BCUT2D eigenvalue weighted by Gasteiger charge is -2.23. The number of anilines is 1. The highest BCUT2D eigenvalue weighted by atomic mass is 16.2. The number of para-hydroxylation sites is 1. The van der Waals surface area contributed by atoms with E-state index in [2.05, 4.69) is 0 Å². The fourth-order valence-corrected chi connectivity index (χ4v) is 2.06. The van der Waals surface area contributed by atoms with Crippen molar-refractivity contribution in [2.24, 2.45) is 0 Å². The Morgan fingerprint density at radius 2 is 1.50 bits per heavy atom. The van der Waals surface area contributed by atoms with Crippen LogP contribution in [-0.2, 0) is 9.59 Å². The van der Waals surface area contributed by atoms with Crippen LogP contribution in [0, 0.1) is 0 Å². The van der Waals surface area contributed by atoms with Crippen molar-refractivity contribution in [2.45, 2.75) is 33.1 Å². The summed E-state index contributed by atoms with van der Waals surface area (Å²) < 4.78 is 0. The molecule has 0 aliphatic heterocycles. The summed E-state index contributed by atoms with van der Waals surface area (Å²) in [5.41, 5.74) is 0.808. The first-order chi connectivity index (χ1) is 9.60. The molecule has 0 spiro atoms. The quantitative estimate of drug-likeness (QED) is 0.718. The molecule has 4 heteroatoms. The number of nitrogens with zero attached hydrogens (tertiary/aromatic N) is 2. The highest BCUT2D eigenvalue weighted by Gasteiger charge is 2.19. The van der Waals surface area contributed by atoms with Gasteiger partial charge in [0.15, 0.2) is 0 Å². The molecule has 0 saturated carbocycles. The molecular weight excluding hydrogens is 252 g/mol. The minimum Gasteiger partial charge on any atom is -0.342 e. The number of carbonyl (C=O) groups excluding carboxylic acids is 2. The van der Waals surface area contributed by atoms with E-state index < -0.39 is 0 Å². The second kappa shape index (κ2) is 8.35. The van der Waals surface area contributed by atoms with Crippen LogP contribution < -0.4 is 4.90 Å². The van der Waals surface area contributed by atoms with Gasteiger partial charge in [-0.3, -0.25) is 9.59 Å². The average molecular weight is 276 g/mol. The molecule has 110 valence electrons. The first-order valence-corrected chi connectivity index (χ1v) is 7.19. The lowest BCUT2D eigenvalue weighted by atomic mass is 10.2. The lowest BCUT2D eigenvalue weighted by molar-refractivity contribution is -0.135. The summed E-state index contributed by atoms with van der Waals surface area (Å²) in [5.74, 6) is -0.250. The maximum atomic E-state index is 12.1. The van der Waals surface area contributed by atoms with Gasteiger partial charge >= 0.3 is 0 Å². The zero-order valence-electron chi connectivity index (χ0n) is 12.6. The molecule has 1 rings (SSSR count). The summed E-state index contributed by atoms with van der Waals surface area (Å²) in [6.07, 6.45) is 1.76. The molecule has 1 aromatic carbocycles. The van der Waals surface area contributed by atoms with E-state index in [-0.39, 0.29) is 18.2 Å². The van der Waals surface area contributed by atoms with Gasteiger partial charge in [0.2, 0.25) is 11.8 Å². The molecule has 0 radical (unpaired) electrons. The van der Waals surface area contributed by atoms with Gasteiger partial charge in [0.25, 0.3) is 0 Å². The number of hydrogen-bond acceptors (Lipinski definition) is 2. The van der Waals surface area contributed by atoms with Crippen molar-refractivity contribution in [3.63, 3.8) is 0 Å². The Kier molecular flexibility index (Phi) is 6.77. The SMILES string of the molecule is CCCN(CCC)C(=O)CC(=O)N(C)c1ccccc1. The van der Waals surface area contributed by atoms with Crippen LogP contribution in [0.2, 0.25) is 0 Å². The Labute approximate surface area is 121 Å². The Morgan fingerprint density at radius 1 is 0.950 bits per heavy atom. The number of carbonyl (C=O) groups is 2. The van der Waals surface area contributed by atoms with Crippen LogP contribution in [0.15, 0.2) is 30.3 Å². The molecule has 0 unspecified atom stereocenters. The molecule has 0 aliphatic rings. The molecular formula is C16H24N2O2. The molecule has 0 saturated heterocycles. The van der Waals surface area contributed by atoms with Crippen LogP contribution in [0.4, 0.5) is 5.69 Å². The van der Waals surface area contributed by atoms with Crippen molar-refractivity contribution in [3.05, 3.63) is 30.3 Å². The van der Waals surface area contributed by atoms with Crippen LogP contribution in [0.5, 0.6) is 0 Å². The molecule has 0 aromatic heterocycles. The van der Waals surface area contributed by atoms with Crippen molar-refractivity contribution < 1.29 is 9.59 Å². The van der Waals surface area contributed by atoms with Gasteiger partial charge in [-0.15, -0.1) is 0 Å². The average Bonchev–Trinajstić information content (AvgIpc) is 2.47. The van der Waals surface area contributed by atoms with Gasteiger partial charge in [-0.05, 0) is 25.0 Å². The number of rotatable bonds is 7. The Morgan fingerprint density at radius 3 is 2.00 bits per heavy atom. The largest absolute Gasteiger partial charge is 0.342 e. The van der Waals surface area contributed by atoms with Crippen molar-refractivity contribution in [1.29, 1.82) is 0 Å². The fourth-order valence-electron chi connectivity index (χ4n) is 2.06. The summed E-state index contributed by atoms with van der Waals surface area (Å²) in [6.45, 7) is 5.51. The molecule has 2 amide bonds. The predicted molar refractivity (Wildman–Crippen MR) is 81.6 cm³/mol. The summed E-state index contributed by atoms with van der Waals surface area (Å²) >= 11 is 0. The summed E-state index contributed by atoms with van der Waals surface area (Å²) in [4.78, 5) is 27.6. The maximum Gasteiger partial charge on any atom is 0.236 e. The third-order valence-electron chi connectivity index (χ3n) is 3.16. The molecule has 0 fully saturated rings. The molecule has 4 nitrogen and oxygen atoms in total. The third kappa shape index (κ3) is 4.68. The second-order valence-electron chi connectivity index (χ2n) is 4.85. The molecule has 0 N–H and O–H groups in total. The highest BCUT2D eigenvalue weighted by molar-refractivity contribution is 6.04. The standard InChI is InChI=1S/C16H24N2O2/c1-4-11-18(12-5-2)16(20)13-15(19)17(3)14-9-7-6-8-10-14/h6-10H,4-5,11-13H2,1-3H3. The van der Waals surface area contributed by atoms with Crippen molar-refractivity contribution in [2.75, 3.05) is 25.0 Å². The van der Waals surface area contributed by atoms with Gasteiger partial charge in [-0.25, -0.2) is 0 Å². The van der Waals surface area contributed by atoms with E-state index in [0.717, 1.165) is 31.6 Å². The maximum absolute atomic E-state index is 12.1. The molecule has 0 bridgehead atoms. The van der Waals surface area contributed by atoms with E-state index in [9.17, 15) is 9.59 Å². The minimum absolute atomic E-state index is 0.0641. The van der Waals surface area contributed by atoms with Crippen molar-refractivity contribution in [1.82, 2.24) is 4.90 Å². The molecule has 0 aliphatic carbocycles. The number of hydrogen-bond donors (Lipinski definition) is 0. The van der Waals surface area contributed by atoms with Crippen LogP contribution >= 0.6 is 0 Å². The topological polar surface area (TPSA) is 40.6 Å². The second-order valence-corrected chi connectivity index (χ2v) is 4.85. The molecule has 0 heterocycles. The van der Waals surface area contributed by atoms with E-state index in [1.807, 2.05) is 44.2 Å². The van der Waals surface area contributed by atoms with Crippen molar-refractivity contribution in [3.8, 4) is 0 Å². The van der Waals surface area contributed by atoms with Crippen LogP contribution in [0.3, 0.4) is 0 Å². The summed E-state index contributed by atoms with van der Waals surface area (Å²) in [6, 6.07) is 9.37. The number of benzene rings is 1. The first kappa shape index (κ1) is 16.2. The minimum atomic E-state index is -0.168. The normalized spacial score (nSPS) is 10.2. The third-order valence-corrected chi connectivity index (χ3v) is 3.16. The Bertz CT molecular complexity index is 425. The van der Waals surface area contributed by atoms with Gasteiger partial charge in [0.05, 0.1) is 0 Å². The van der Waals surface area contributed by atoms with Gasteiger partial charge in [-0.1, -0.05) is 32.0 Å². The molecule has 1 aromatic rings. The van der Waals surface area contributed by atoms with Gasteiger partial charge < -0.3 is 9.80 Å². The van der Waals surface area contributed by atoms with Gasteiger partial charge in [0.1, 0.15) is 6.42 Å². The Hall–Kier alpha value is -1.84. The van der Waals surface area contributed by atoms with Crippen LogP contribution in [0.1, 0.15) is 33.1 Å². The summed E-state index contributed by atoms with van der Waals surface area (Å²) in [7, 11) is 1.70. The van der Waals surface area contributed by atoms with Gasteiger partial charge in [0, 0.05) is 25.8 Å². The first-order valence-electron chi connectivity index (χ1n) is 7.19. The zero-order valence-corrected chi connectivity index (χ0v) is 12.6.